The quantitative estimate of drug-likeness (QED) is 0.937. The topological polar surface area (TPSA) is 38.7 Å². The van der Waals surface area contributed by atoms with Gasteiger partial charge in [-0.25, -0.2) is 4.39 Å². The molecule has 2 aromatic carbocycles. The van der Waals surface area contributed by atoms with Gasteiger partial charge >= 0.3 is 0 Å². The lowest BCUT2D eigenvalue weighted by Gasteiger charge is -2.16. The molecular formula is C15H14ClFO3. The van der Waals surface area contributed by atoms with E-state index in [1.165, 1.54) is 26.4 Å². The molecule has 1 N–H and O–H groups in total. The van der Waals surface area contributed by atoms with Gasteiger partial charge in [-0.15, -0.1) is 0 Å². The first kappa shape index (κ1) is 14.6. The third kappa shape index (κ3) is 2.86. The van der Waals surface area contributed by atoms with Crippen molar-refractivity contribution >= 4 is 11.6 Å². The van der Waals surface area contributed by atoms with Crippen molar-refractivity contribution in [2.24, 2.45) is 0 Å². The lowest BCUT2D eigenvalue weighted by Crippen LogP contribution is -2.03. The molecule has 20 heavy (non-hydrogen) atoms. The van der Waals surface area contributed by atoms with E-state index in [0.29, 0.717) is 21.9 Å². The Hall–Kier alpha value is -1.78. The Balaban J connectivity index is 2.43. The largest absolute Gasteiger partial charge is 0.496 e. The van der Waals surface area contributed by atoms with Gasteiger partial charge in [-0.05, 0) is 35.9 Å². The van der Waals surface area contributed by atoms with Gasteiger partial charge in [0.05, 0.1) is 14.2 Å². The summed E-state index contributed by atoms with van der Waals surface area (Å²) in [6, 6.07) is 9.18. The molecule has 0 aromatic heterocycles. The smallest absolute Gasteiger partial charge is 0.165 e. The average molecular weight is 297 g/mol. The normalized spacial score (nSPS) is 12.1. The minimum Gasteiger partial charge on any atom is -0.496 e. The highest BCUT2D eigenvalue weighted by atomic mass is 35.5. The van der Waals surface area contributed by atoms with Gasteiger partial charge in [-0.3, -0.25) is 0 Å². The number of rotatable bonds is 4. The van der Waals surface area contributed by atoms with E-state index < -0.39 is 11.9 Å². The minimum atomic E-state index is -1.04. The molecule has 3 nitrogen and oxygen atoms in total. The fourth-order valence-electron chi connectivity index (χ4n) is 1.95. The van der Waals surface area contributed by atoms with E-state index in [2.05, 4.69) is 0 Å². The Morgan fingerprint density at radius 2 is 1.70 bits per heavy atom. The average Bonchev–Trinajstić information content (AvgIpc) is 2.46. The SMILES string of the molecule is COc1ccc(C(O)c2cc(Cl)ccc2OC)cc1F. The highest BCUT2D eigenvalue weighted by Crippen LogP contribution is 2.33. The Kier molecular flexibility index (Phi) is 4.47. The second kappa shape index (κ2) is 6.11. The van der Waals surface area contributed by atoms with Gasteiger partial charge in [-0.1, -0.05) is 17.7 Å². The van der Waals surface area contributed by atoms with E-state index in [-0.39, 0.29) is 5.75 Å². The first-order valence-electron chi connectivity index (χ1n) is 5.91. The number of aliphatic hydroxyl groups is 1. The molecule has 0 aliphatic rings. The van der Waals surface area contributed by atoms with Crippen LogP contribution in [-0.4, -0.2) is 19.3 Å². The highest BCUT2D eigenvalue weighted by molar-refractivity contribution is 6.30. The zero-order valence-electron chi connectivity index (χ0n) is 11.1. The Labute approximate surface area is 121 Å². The van der Waals surface area contributed by atoms with Crippen LogP contribution >= 0.6 is 11.6 Å². The summed E-state index contributed by atoms with van der Waals surface area (Å²) in [6.07, 6.45) is -1.04. The van der Waals surface area contributed by atoms with Crippen molar-refractivity contribution in [3.8, 4) is 11.5 Å². The predicted molar refractivity (Wildman–Crippen MR) is 75.0 cm³/mol. The van der Waals surface area contributed by atoms with E-state index in [0.717, 1.165) is 0 Å². The van der Waals surface area contributed by atoms with E-state index >= 15 is 0 Å². The van der Waals surface area contributed by atoms with Crippen molar-refractivity contribution in [2.45, 2.75) is 6.10 Å². The molecule has 2 rings (SSSR count). The number of halogens is 2. The lowest BCUT2D eigenvalue weighted by molar-refractivity contribution is 0.214. The number of ether oxygens (including phenoxy) is 2. The van der Waals surface area contributed by atoms with E-state index in [1.807, 2.05) is 0 Å². The fraction of sp³-hybridized carbons (Fsp3) is 0.200. The first-order valence-corrected chi connectivity index (χ1v) is 6.29. The third-order valence-corrected chi connectivity index (χ3v) is 3.21. The summed E-state index contributed by atoms with van der Waals surface area (Å²) in [4.78, 5) is 0. The van der Waals surface area contributed by atoms with Crippen LogP contribution in [0.25, 0.3) is 0 Å². The molecule has 0 aliphatic carbocycles. The summed E-state index contributed by atoms with van der Waals surface area (Å²) in [7, 11) is 2.88. The Morgan fingerprint density at radius 1 is 1.05 bits per heavy atom. The van der Waals surface area contributed by atoms with Crippen molar-refractivity contribution in [1.82, 2.24) is 0 Å². The van der Waals surface area contributed by atoms with Crippen LogP contribution in [0.3, 0.4) is 0 Å². The Bertz CT molecular complexity index is 616. The van der Waals surface area contributed by atoms with Gasteiger partial charge in [-0.2, -0.15) is 0 Å². The molecule has 1 unspecified atom stereocenters. The van der Waals surface area contributed by atoms with Gasteiger partial charge in [0.1, 0.15) is 11.9 Å². The Morgan fingerprint density at radius 3 is 2.30 bits per heavy atom. The highest BCUT2D eigenvalue weighted by Gasteiger charge is 2.17. The zero-order chi connectivity index (χ0) is 14.7. The van der Waals surface area contributed by atoms with Crippen LogP contribution in [0, 0.1) is 5.82 Å². The van der Waals surface area contributed by atoms with Crippen LogP contribution in [0.15, 0.2) is 36.4 Å². The summed E-state index contributed by atoms with van der Waals surface area (Å²) in [6.45, 7) is 0. The standard InChI is InChI=1S/C15H14ClFO3/c1-19-13-6-4-10(16)8-11(13)15(18)9-3-5-14(20-2)12(17)7-9/h3-8,15,18H,1-2H3. The minimum absolute atomic E-state index is 0.124. The molecule has 0 heterocycles. The van der Waals surface area contributed by atoms with Gasteiger partial charge < -0.3 is 14.6 Å². The van der Waals surface area contributed by atoms with Gasteiger partial charge in [0.25, 0.3) is 0 Å². The molecule has 0 fully saturated rings. The van der Waals surface area contributed by atoms with Gasteiger partial charge in [0, 0.05) is 10.6 Å². The number of hydrogen-bond donors (Lipinski definition) is 1. The number of methoxy groups -OCH3 is 2. The molecule has 5 heteroatoms. The van der Waals surface area contributed by atoms with Crippen molar-refractivity contribution in [1.29, 1.82) is 0 Å². The van der Waals surface area contributed by atoms with E-state index in [1.54, 1.807) is 24.3 Å². The molecule has 0 aliphatic heterocycles. The summed E-state index contributed by atoms with van der Waals surface area (Å²) in [5.74, 6) is 0.0715. The fourth-order valence-corrected chi connectivity index (χ4v) is 2.13. The molecule has 0 saturated carbocycles. The molecule has 106 valence electrons. The van der Waals surface area contributed by atoms with Crippen molar-refractivity contribution in [3.63, 3.8) is 0 Å². The molecule has 0 radical (unpaired) electrons. The summed E-state index contributed by atoms with van der Waals surface area (Å²) >= 11 is 5.92. The molecular weight excluding hydrogens is 283 g/mol. The number of benzene rings is 2. The summed E-state index contributed by atoms with van der Waals surface area (Å²) < 4.78 is 23.7. The second-order valence-electron chi connectivity index (χ2n) is 4.18. The second-order valence-corrected chi connectivity index (χ2v) is 4.62. The van der Waals surface area contributed by atoms with Crippen LogP contribution in [0.4, 0.5) is 4.39 Å². The molecule has 2 aromatic rings. The van der Waals surface area contributed by atoms with Crippen LogP contribution in [-0.2, 0) is 0 Å². The zero-order valence-corrected chi connectivity index (χ0v) is 11.8. The molecule has 0 saturated heterocycles. The van der Waals surface area contributed by atoms with E-state index in [9.17, 15) is 9.50 Å². The van der Waals surface area contributed by atoms with Crippen LogP contribution in [0.2, 0.25) is 5.02 Å². The monoisotopic (exact) mass is 296 g/mol. The van der Waals surface area contributed by atoms with Crippen molar-refractivity contribution in [2.75, 3.05) is 14.2 Å². The summed E-state index contributed by atoms with van der Waals surface area (Å²) in [5, 5.41) is 10.8. The number of hydrogen-bond acceptors (Lipinski definition) is 3. The maximum Gasteiger partial charge on any atom is 0.165 e. The third-order valence-electron chi connectivity index (χ3n) is 2.98. The molecule has 0 bridgehead atoms. The van der Waals surface area contributed by atoms with Crippen LogP contribution in [0.5, 0.6) is 11.5 Å². The van der Waals surface area contributed by atoms with Crippen molar-refractivity contribution < 1.29 is 19.0 Å². The van der Waals surface area contributed by atoms with Gasteiger partial charge in [0.15, 0.2) is 11.6 Å². The lowest BCUT2D eigenvalue weighted by atomic mass is 10.0. The van der Waals surface area contributed by atoms with E-state index in [4.69, 9.17) is 21.1 Å². The predicted octanol–water partition coefficient (Wildman–Crippen LogP) is 3.58. The van der Waals surface area contributed by atoms with Gasteiger partial charge in [0.2, 0.25) is 0 Å². The van der Waals surface area contributed by atoms with Crippen LogP contribution in [0.1, 0.15) is 17.2 Å². The van der Waals surface area contributed by atoms with Crippen LogP contribution < -0.4 is 9.47 Å². The summed E-state index contributed by atoms with van der Waals surface area (Å²) in [5.41, 5.74) is 0.869. The molecule has 1 atom stereocenters. The molecule has 0 spiro atoms. The molecule has 0 amide bonds. The number of aliphatic hydroxyl groups excluding tert-OH is 1. The first-order chi connectivity index (χ1) is 9.56. The maximum atomic E-state index is 13.7. The van der Waals surface area contributed by atoms with Crippen molar-refractivity contribution in [3.05, 3.63) is 58.4 Å². The maximum absolute atomic E-state index is 13.7.